The van der Waals surface area contributed by atoms with E-state index in [0.29, 0.717) is 5.84 Å². The fourth-order valence-corrected chi connectivity index (χ4v) is 2.76. The third-order valence-electron chi connectivity index (χ3n) is 4.44. The molecule has 2 aromatic rings. The molecular weight excluding hydrogens is 252 g/mol. The largest absolute Gasteiger partial charge is 0.387 e. The zero-order chi connectivity index (χ0) is 14.3. The van der Waals surface area contributed by atoms with Crippen molar-refractivity contribution < 1.29 is 0 Å². The van der Waals surface area contributed by atoms with Gasteiger partial charge in [0.05, 0.1) is 17.7 Å². The molecule has 1 aliphatic rings. The molecule has 0 atom stereocenters. The molecule has 0 unspecified atom stereocenters. The van der Waals surface area contributed by atoms with Gasteiger partial charge in [-0.25, -0.2) is 9.97 Å². The summed E-state index contributed by atoms with van der Waals surface area (Å²) in [6, 6.07) is 1.98. The Labute approximate surface area is 118 Å². The van der Waals surface area contributed by atoms with Crippen molar-refractivity contribution >= 4 is 22.7 Å². The zero-order valence-electron chi connectivity index (χ0n) is 11.9. The van der Waals surface area contributed by atoms with Crippen molar-refractivity contribution in [1.29, 1.82) is 5.41 Å². The summed E-state index contributed by atoms with van der Waals surface area (Å²) in [5.74, 6) is 1.23. The lowest BCUT2D eigenvalue weighted by Crippen LogP contribution is -2.45. The van der Waals surface area contributed by atoms with Gasteiger partial charge in [0, 0.05) is 31.7 Å². The van der Waals surface area contributed by atoms with Crippen LogP contribution in [0.1, 0.15) is 19.8 Å². The van der Waals surface area contributed by atoms with E-state index in [9.17, 15) is 0 Å². The van der Waals surface area contributed by atoms with Gasteiger partial charge in [0.25, 0.3) is 0 Å². The van der Waals surface area contributed by atoms with E-state index in [-0.39, 0.29) is 5.41 Å². The first kappa shape index (κ1) is 12.9. The summed E-state index contributed by atoms with van der Waals surface area (Å²) in [5, 5.41) is 7.72. The maximum Gasteiger partial charge on any atom is 0.156 e. The van der Waals surface area contributed by atoms with Crippen LogP contribution in [-0.2, 0) is 7.05 Å². The molecule has 0 aromatic carbocycles. The van der Waals surface area contributed by atoms with E-state index in [0.717, 1.165) is 42.8 Å². The third-order valence-corrected chi connectivity index (χ3v) is 4.44. The molecule has 106 valence electrons. The number of hydrogen-bond donors (Lipinski definition) is 2. The number of anilines is 1. The highest BCUT2D eigenvalue weighted by Gasteiger charge is 2.33. The van der Waals surface area contributed by atoms with Crippen LogP contribution in [0, 0.1) is 10.8 Å². The smallest absolute Gasteiger partial charge is 0.156 e. The van der Waals surface area contributed by atoms with Gasteiger partial charge in [0.1, 0.15) is 5.52 Å². The Bertz CT molecular complexity index is 651. The van der Waals surface area contributed by atoms with Crippen LogP contribution < -0.4 is 10.6 Å². The average Bonchev–Trinajstić information content (AvgIpc) is 2.82. The molecule has 1 fully saturated rings. The number of fused-ring (bicyclic) bond motifs is 1. The van der Waals surface area contributed by atoms with Crippen LogP contribution in [0.5, 0.6) is 0 Å². The predicted molar refractivity (Wildman–Crippen MR) is 80.0 cm³/mol. The molecule has 1 saturated heterocycles. The van der Waals surface area contributed by atoms with E-state index in [1.54, 1.807) is 0 Å². The number of imidazole rings is 1. The molecular formula is C14H20N6. The van der Waals surface area contributed by atoms with E-state index >= 15 is 0 Å². The zero-order valence-corrected chi connectivity index (χ0v) is 11.9. The second kappa shape index (κ2) is 4.47. The van der Waals surface area contributed by atoms with Gasteiger partial charge in [-0.05, 0) is 18.9 Å². The molecule has 2 aromatic heterocycles. The second-order valence-electron chi connectivity index (χ2n) is 5.82. The standard InChI is InChI=1S/C14H20N6/c1-14(13(15)16)4-7-20(8-5-14)12-11-10(3-6-17-12)19(2)9-18-11/h3,6,9H,4-5,7-8H2,1-2H3,(H3,15,16). The minimum Gasteiger partial charge on any atom is -0.387 e. The first-order valence-corrected chi connectivity index (χ1v) is 6.87. The van der Waals surface area contributed by atoms with Gasteiger partial charge < -0.3 is 15.2 Å². The summed E-state index contributed by atoms with van der Waals surface area (Å²) >= 11 is 0. The van der Waals surface area contributed by atoms with Crippen LogP contribution >= 0.6 is 0 Å². The Morgan fingerprint density at radius 1 is 1.35 bits per heavy atom. The molecule has 0 radical (unpaired) electrons. The third kappa shape index (κ3) is 1.92. The van der Waals surface area contributed by atoms with Gasteiger partial charge in [0.2, 0.25) is 0 Å². The Morgan fingerprint density at radius 3 is 2.70 bits per heavy atom. The predicted octanol–water partition coefficient (Wildman–Crippen LogP) is 1.51. The molecule has 0 aliphatic carbocycles. The van der Waals surface area contributed by atoms with E-state index in [2.05, 4.69) is 21.8 Å². The van der Waals surface area contributed by atoms with E-state index in [1.807, 2.05) is 30.2 Å². The molecule has 6 nitrogen and oxygen atoms in total. The molecule has 6 heteroatoms. The summed E-state index contributed by atoms with van der Waals surface area (Å²) in [6.45, 7) is 3.79. The molecule has 0 spiro atoms. The first-order chi connectivity index (χ1) is 9.51. The lowest BCUT2D eigenvalue weighted by atomic mass is 9.79. The maximum absolute atomic E-state index is 7.72. The number of nitrogens with two attached hydrogens (primary N) is 1. The first-order valence-electron chi connectivity index (χ1n) is 6.87. The molecule has 20 heavy (non-hydrogen) atoms. The van der Waals surface area contributed by atoms with Crippen LogP contribution in [0.3, 0.4) is 0 Å². The van der Waals surface area contributed by atoms with Crippen molar-refractivity contribution in [1.82, 2.24) is 14.5 Å². The van der Waals surface area contributed by atoms with Gasteiger partial charge in [-0.3, -0.25) is 5.41 Å². The number of piperidine rings is 1. The summed E-state index contributed by atoms with van der Waals surface area (Å²) in [6.07, 6.45) is 5.41. The minimum atomic E-state index is -0.172. The summed E-state index contributed by atoms with van der Waals surface area (Å²) in [5.41, 5.74) is 7.58. The van der Waals surface area contributed by atoms with Crippen LogP contribution in [0.25, 0.3) is 11.0 Å². The van der Waals surface area contributed by atoms with E-state index < -0.39 is 0 Å². The fourth-order valence-electron chi connectivity index (χ4n) is 2.76. The number of nitrogens with one attached hydrogen (secondary N) is 1. The number of amidine groups is 1. The highest BCUT2D eigenvalue weighted by molar-refractivity contribution is 5.87. The lowest BCUT2D eigenvalue weighted by Gasteiger charge is -2.39. The highest BCUT2D eigenvalue weighted by Crippen LogP contribution is 2.33. The highest BCUT2D eigenvalue weighted by atomic mass is 15.2. The number of rotatable bonds is 2. The number of hydrogen-bond acceptors (Lipinski definition) is 4. The van der Waals surface area contributed by atoms with E-state index in [4.69, 9.17) is 11.1 Å². The van der Waals surface area contributed by atoms with Crippen molar-refractivity contribution in [3.8, 4) is 0 Å². The van der Waals surface area contributed by atoms with Gasteiger partial charge >= 0.3 is 0 Å². The van der Waals surface area contributed by atoms with Crippen molar-refractivity contribution in [3.05, 3.63) is 18.6 Å². The normalized spacial score (nSPS) is 18.4. The minimum absolute atomic E-state index is 0.172. The number of nitrogens with zero attached hydrogens (tertiary/aromatic N) is 4. The van der Waals surface area contributed by atoms with Crippen LogP contribution in [0.15, 0.2) is 18.6 Å². The molecule has 0 bridgehead atoms. The Hall–Kier alpha value is -2.11. The van der Waals surface area contributed by atoms with Crippen molar-refractivity contribution in [2.75, 3.05) is 18.0 Å². The van der Waals surface area contributed by atoms with Gasteiger partial charge in [0.15, 0.2) is 5.82 Å². The number of pyridine rings is 1. The Morgan fingerprint density at radius 2 is 2.05 bits per heavy atom. The molecule has 3 heterocycles. The van der Waals surface area contributed by atoms with Crippen molar-refractivity contribution in [2.45, 2.75) is 19.8 Å². The van der Waals surface area contributed by atoms with Crippen LogP contribution in [-0.4, -0.2) is 33.5 Å². The molecule has 0 amide bonds. The Balaban J connectivity index is 1.89. The van der Waals surface area contributed by atoms with Crippen molar-refractivity contribution in [3.63, 3.8) is 0 Å². The molecule has 3 rings (SSSR count). The second-order valence-corrected chi connectivity index (χ2v) is 5.82. The SMILES string of the molecule is Cn1cnc2c(N3CCC(C)(C(=N)N)CC3)nccc21. The van der Waals surface area contributed by atoms with Crippen LogP contribution in [0.4, 0.5) is 5.82 Å². The Kier molecular flexibility index (Phi) is 2.88. The summed E-state index contributed by atoms with van der Waals surface area (Å²) in [4.78, 5) is 11.2. The monoisotopic (exact) mass is 272 g/mol. The molecule has 1 aliphatic heterocycles. The maximum atomic E-state index is 7.72. The van der Waals surface area contributed by atoms with Crippen molar-refractivity contribution in [2.24, 2.45) is 18.2 Å². The van der Waals surface area contributed by atoms with E-state index in [1.165, 1.54) is 0 Å². The number of aromatic nitrogens is 3. The van der Waals surface area contributed by atoms with Gasteiger partial charge in [-0.1, -0.05) is 6.92 Å². The van der Waals surface area contributed by atoms with Gasteiger partial charge in [-0.2, -0.15) is 0 Å². The molecule has 0 saturated carbocycles. The quantitative estimate of drug-likeness (QED) is 0.641. The average molecular weight is 272 g/mol. The van der Waals surface area contributed by atoms with Crippen LogP contribution in [0.2, 0.25) is 0 Å². The summed E-state index contributed by atoms with van der Waals surface area (Å²) < 4.78 is 2.00. The lowest BCUT2D eigenvalue weighted by molar-refractivity contribution is 0.350. The van der Waals surface area contributed by atoms with Gasteiger partial charge in [-0.15, -0.1) is 0 Å². The fraction of sp³-hybridized carbons (Fsp3) is 0.500. The summed E-state index contributed by atoms with van der Waals surface area (Å²) in [7, 11) is 1.99. The molecule has 3 N–H and O–H groups in total. The topological polar surface area (TPSA) is 83.8 Å². The number of aryl methyl sites for hydroxylation is 1.